The number of rotatable bonds is 6. The molecule has 1 aliphatic rings. The first-order valence-electron chi connectivity index (χ1n) is 9.20. The molecule has 8 heteroatoms. The minimum absolute atomic E-state index is 0.0636. The lowest BCUT2D eigenvalue weighted by Crippen LogP contribution is -2.54. The summed E-state index contributed by atoms with van der Waals surface area (Å²) in [5.74, 6) is -0.0636. The monoisotopic (exact) mass is 421 g/mol. The maximum atomic E-state index is 12.8. The van der Waals surface area contributed by atoms with Crippen LogP contribution in [0.25, 0.3) is 0 Å². The zero-order valence-corrected chi connectivity index (χ0v) is 17.3. The van der Waals surface area contributed by atoms with Gasteiger partial charge in [-0.15, -0.1) is 0 Å². The van der Waals surface area contributed by atoms with Gasteiger partial charge < -0.3 is 5.32 Å². The van der Waals surface area contributed by atoms with Crippen molar-refractivity contribution in [1.82, 2.24) is 14.5 Å². The van der Waals surface area contributed by atoms with Crippen molar-refractivity contribution in [2.75, 3.05) is 26.2 Å². The van der Waals surface area contributed by atoms with Gasteiger partial charge in [-0.25, -0.2) is 8.42 Å². The Bertz CT molecular complexity index is 913. The van der Waals surface area contributed by atoms with Crippen LogP contribution in [0.5, 0.6) is 0 Å². The van der Waals surface area contributed by atoms with Crippen molar-refractivity contribution in [2.45, 2.75) is 24.4 Å². The molecule has 1 heterocycles. The zero-order valence-electron chi connectivity index (χ0n) is 15.7. The molecule has 1 aliphatic heterocycles. The Balaban J connectivity index is 1.56. The number of amides is 1. The van der Waals surface area contributed by atoms with Crippen LogP contribution >= 0.6 is 11.6 Å². The van der Waals surface area contributed by atoms with Crippen LogP contribution in [-0.4, -0.2) is 55.8 Å². The number of benzene rings is 2. The van der Waals surface area contributed by atoms with Crippen molar-refractivity contribution >= 4 is 27.5 Å². The third-order valence-electron chi connectivity index (χ3n) is 4.96. The Morgan fingerprint density at radius 3 is 2.29 bits per heavy atom. The quantitative estimate of drug-likeness (QED) is 0.777. The summed E-state index contributed by atoms with van der Waals surface area (Å²) < 4.78 is 27.1. The molecule has 150 valence electrons. The van der Waals surface area contributed by atoms with Gasteiger partial charge in [0.05, 0.1) is 11.1 Å². The lowest BCUT2D eigenvalue weighted by atomic mass is 10.2. The van der Waals surface area contributed by atoms with Crippen LogP contribution in [0.4, 0.5) is 0 Å². The van der Waals surface area contributed by atoms with Gasteiger partial charge in [0.2, 0.25) is 15.9 Å². The topological polar surface area (TPSA) is 69.7 Å². The molecule has 1 saturated heterocycles. The minimum Gasteiger partial charge on any atom is -0.351 e. The smallest absolute Gasteiger partial charge is 0.244 e. The summed E-state index contributed by atoms with van der Waals surface area (Å²) in [7, 11) is -3.63. The molecule has 3 rings (SSSR count). The van der Waals surface area contributed by atoms with Crippen LogP contribution in [0.15, 0.2) is 59.5 Å². The van der Waals surface area contributed by atoms with Crippen LogP contribution in [0.2, 0.25) is 5.02 Å². The van der Waals surface area contributed by atoms with Crippen molar-refractivity contribution in [2.24, 2.45) is 0 Å². The van der Waals surface area contributed by atoms with Crippen molar-refractivity contribution in [3.63, 3.8) is 0 Å². The molecule has 28 heavy (non-hydrogen) atoms. The van der Waals surface area contributed by atoms with E-state index >= 15 is 0 Å². The Labute approximate surface area is 171 Å². The van der Waals surface area contributed by atoms with Gasteiger partial charge >= 0.3 is 0 Å². The Kier molecular flexibility index (Phi) is 6.72. The van der Waals surface area contributed by atoms with E-state index in [0.717, 1.165) is 5.56 Å². The molecular formula is C20H24ClN3O3S. The first-order chi connectivity index (χ1) is 13.4. The van der Waals surface area contributed by atoms with Gasteiger partial charge in [0.25, 0.3) is 0 Å². The summed E-state index contributed by atoms with van der Waals surface area (Å²) >= 11 is 6.06. The second kappa shape index (κ2) is 9.05. The molecule has 2 aromatic rings. The van der Waals surface area contributed by atoms with Gasteiger partial charge in [0.1, 0.15) is 4.90 Å². The standard InChI is InChI=1S/C20H24ClN3O3S/c1-16(20(25)22-15-17-7-3-2-4-8-17)23-11-13-24(14-12-23)28(26,27)19-10-6-5-9-18(19)21/h2-10,16H,11-15H2,1H3,(H,22,25). The highest BCUT2D eigenvalue weighted by Crippen LogP contribution is 2.25. The molecule has 1 amide bonds. The molecule has 0 aliphatic carbocycles. The van der Waals surface area contributed by atoms with Crippen LogP contribution in [0.3, 0.4) is 0 Å². The summed E-state index contributed by atoms with van der Waals surface area (Å²) in [5.41, 5.74) is 1.04. The molecule has 2 aromatic carbocycles. The van der Waals surface area contributed by atoms with E-state index in [1.807, 2.05) is 42.2 Å². The molecule has 0 radical (unpaired) electrons. The van der Waals surface area contributed by atoms with Crippen LogP contribution in [0.1, 0.15) is 12.5 Å². The molecule has 1 atom stereocenters. The van der Waals surface area contributed by atoms with Crippen LogP contribution in [-0.2, 0) is 21.4 Å². The third-order valence-corrected chi connectivity index (χ3v) is 7.36. The molecule has 1 unspecified atom stereocenters. The van der Waals surface area contributed by atoms with Gasteiger partial charge in [-0.3, -0.25) is 9.69 Å². The first-order valence-corrected chi connectivity index (χ1v) is 11.0. The number of halogens is 1. The van der Waals surface area contributed by atoms with Gasteiger partial charge in [-0.05, 0) is 24.6 Å². The normalized spacial score (nSPS) is 17.2. The van der Waals surface area contributed by atoms with Crippen molar-refractivity contribution in [3.05, 3.63) is 65.2 Å². The number of hydrogen-bond donors (Lipinski definition) is 1. The van der Waals surface area contributed by atoms with E-state index in [0.29, 0.717) is 32.7 Å². The summed E-state index contributed by atoms with van der Waals surface area (Å²) in [6.07, 6.45) is 0. The van der Waals surface area contributed by atoms with E-state index < -0.39 is 10.0 Å². The predicted octanol–water partition coefficient (Wildman–Crippen LogP) is 2.35. The average molecular weight is 422 g/mol. The lowest BCUT2D eigenvalue weighted by molar-refractivity contribution is -0.126. The summed E-state index contributed by atoms with van der Waals surface area (Å²) in [5, 5.41) is 3.16. The lowest BCUT2D eigenvalue weighted by Gasteiger charge is -2.36. The van der Waals surface area contributed by atoms with Gasteiger partial charge in [-0.1, -0.05) is 54.1 Å². The molecule has 0 bridgehead atoms. The SMILES string of the molecule is CC(C(=O)NCc1ccccc1)N1CCN(S(=O)(=O)c2ccccc2Cl)CC1. The average Bonchev–Trinajstić information content (AvgIpc) is 2.72. The molecule has 0 saturated carbocycles. The number of nitrogens with one attached hydrogen (secondary N) is 1. The molecule has 1 N–H and O–H groups in total. The summed E-state index contributed by atoms with van der Waals surface area (Å²) in [4.78, 5) is 14.6. The number of carbonyl (C=O) groups excluding carboxylic acids is 1. The molecule has 1 fully saturated rings. The summed E-state index contributed by atoms with van der Waals surface area (Å²) in [6, 6.07) is 15.9. The maximum absolute atomic E-state index is 12.8. The number of piperazine rings is 1. The van der Waals surface area contributed by atoms with E-state index in [2.05, 4.69) is 5.32 Å². The summed E-state index contributed by atoms with van der Waals surface area (Å²) in [6.45, 7) is 3.95. The predicted molar refractivity (Wildman–Crippen MR) is 110 cm³/mol. The fourth-order valence-electron chi connectivity index (χ4n) is 3.22. The first kappa shape index (κ1) is 20.8. The fourth-order valence-corrected chi connectivity index (χ4v) is 5.14. The molecule has 6 nitrogen and oxygen atoms in total. The van der Waals surface area contributed by atoms with E-state index in [1.54, 1.807) is 18.2 Å². The minimum atomic E-state index is -3.63. The number of sulfonamides is 1. The van der Waals surface area contributed by atoms with Crippen molar-refractivity contribution < 1.29 is 13.2 Å². The van der Waals surface area contributed by atoms with Crippen molar-refractivity contribution in [1.29, 1.82) is 0 Å². The van der Waals surface area contributed by atoms with Crippen LogP contribution < -0.4 is 5.32 Å². The molecule has 0 spiro atoms. The Morgan fingerprint density at radius 1 is 1.04 bits per heavy atom. The highest BCUT2D eigenvalue weighted by Gasteiger charge is 2.32. The van der Waals surface area contributed by atoms with E-state index in [1.165, 1.54) is 10.4 Å². The van der Waals surface area contributed by atoms with Gasteiger partial charge in [0.15, 0.2) is 0 Å². The third kappa shape index (κ3) is 4.72. The van der Waals surface area contributed by atoms with E-state index in [4.69, 9.17) is 11.6 Å². The number of carbonyl (C=O) groups is 1. The van der Waals surface area contributed by atoms with E-state index in [-0.39, 0.29) is 21.9 Å². The fraction of sp³-hybridized carbons (Fsp3) is 0.350. The Morgan fingerprint density at radius 2 is 1.64 bits per heavy atom. The zero-order chi connectivity index (χ0) is 20.1. The molecule has 0 aromatic heterocycles. The second-order valence-corrected chi connectivity index (χ2v) is 9.06. The van der Waals surface area contributed by atoms with Crippen LogP contribution in [0, 0.1) is 0 Å². The number of hydrogen-bond acceptors (Lipinski definition) is 4. The van der Waals surface area contributed by atoms with E-state index in [9.17, 15) is 13.2 Å². The highest BCUT2D eigenvalue weighted by molar-refractivity contribution is 7.89. The molecular weight excluding hydrogens is 398 g/mol. The number of nitrogens with zero attached hydrogens (tertiary/aromatic N) is 2. The van der Waals surface area contributed by atoms with Gasteiger partial charge in [-0.2, -0.15) is 4.31 Å². The largest absolute Gasteiger partial charge is 0.351 e. The Hall–Kier alpha value is -1.93. The van der Waals surface area contributed by atoms with Crippen molar-refractivity contribution in [3.8, 4) is 0 Å². The highest BCUT2D eigenvalue weighted by atomic mass is 35.5. The maximum Gasteiger partial charge on any atom is 0.244 e. The second-order valence-electron chi connectivity index (χ2n) is 6.75. The van der Waals surface area contributed by atoms with Gasteiger partial charge in [0, 0.05) is 32.7 Å².